The number of halogens is 6. The van der Waals surface area contributed by atoms with Gasteiger partial charge in [0.05, 0.1) is 7.11 Å². The van der Waals surface area contributed by atoms with E-state index in [2.05, 4.69) is 4.74 Å². The van der Waals surface area contributed by atoms with Crippen molar-refractivity contribution >= 4 is 0 Å². The first-order valence-electron chi connectivity index (χ1n) is 4.64. The van der Waals surface area contributed by atoms with E-state index in [1.807, 2.05) is 0 Å². The summed E-state index contributed by atoms with van der Waals surface area (Å²) < 4.78 is 80.0. The van der Waals surface area contributed by atoms with Gasteiger partial charge in [0.15, 0.2) is 0 Å². The zero-order valence-electron chi connectivity index (χ0n) is 9.06. The molecule has 102 valence electrons. The second-order valence-electron chi connectivity index (χ2n) is 3.48. The minimum absolute atomic E-state index is 0.340. The maximum atomic E-state index is 13.0. The topological polar surface area (TPSA) is 35.2 Å². The number of benzene rings is 1. The lowest BCUT2D eigenvalue weighted by molar-refractivity contribution is -0.291. The van der Waals surface area contributed by atoms with Crippen LogP contribution in [0.5, 0.6) is 5.75 Å². The molecule has 0 heterocycles. The third-order valence-electron chi connectivity index (χ3n) is 2.30. The molecule has 8 heteroatoms. The molecule has 0 spiro atoms. The molecule has 0 saturated heterocycles. The molecule has 0 aliphatic rings. The van der Waals surface area contributed by atoms with Crippen molar-refractivity contribution in [2.75, 3.05) is 7.11 Å². The van der Waals surface area contributed by atoms with Crippen LogP contribution in [0.25, 0.3) is 0 Å². The van der Waals surface area contributed by atoms with Crippen LogP contribution >= 0.6 is 0 Å². The van der Waals surface area contributed by atoms with E-state index in [1.165, 1.54) is 0 Å². The maximum absolute atomic E-state index is 13.0. The van der Waals surface area contributed by atoms with Crippen molar-refractivity contribution < 1.29 is 31.1 Å². The van der Waals surface area contributed by atoms with E-state index in [9.17, 15) is 26.3 Å². The van der Waals surface area contributed by atoms with Crippen LogP contribution in [0.15, 0.2) is 18.2 Å². The molecule has 0 radical (unpaired) electrons. The van der Waals surface area contributed by atoms with Crippen molar-refractivity contribution in [2.24, 2.45) is 5.73 Å². The largest absolute Gasteiger partial charge is 0.496 e. The monoisotopic (exact) mass is 273 g/mol. The molecule has 1 rings (SSSR count). The van der Waals surface area contributed by atoms with Gasteiger partial charge in [0.25, 0.3) is 0 Å². The highest BCUT2D eigenvalue weighted by Crippen LogP contribution is 2.45. The first-order valence-corrected chi connectivity index (χ1v) is 4.64. The zero-order valence-corrected chi connectivity index (χ0v) is 9.06. The number of methoxy groups -OCH3 is 1. The fourth-order valence-electron chi connectivity index (χ4n) is 1.32. The summed E-state index contributed by atoms with van der Waals surface area (Å²) >= 11 is 0. The quantitative estimate of drug-likeness (QED) is 0.859. The predicted molar refractivity (Wildman–Crippen MR) is 50.9 cm³/mol. The molecule has 0 unspecified atom stereocenters. The molecule has 2 N–H and O–H groups in total. The number of nitrogens with two attached hydrogens (primary N) is 1. The Morgan fingerprint density at radius 1 is 1.17 bits per heavy atom. The Morgan fingerprint density at radius 2 is 1.72 bits per heavy atom. The Hall–Kier alpha value is -1.44. The second-order valence-corrected chi connectivity index (χ2v) is 3.48. The summed E-state index contributed by atoms with van der Waals surface area (Å²) in [5.41, 5.74) is 4.14. The molecule has 2 nitrogen and oxygen atoms in total. The van der Waals surface area contributed by atoms with Crippen LogP contribution in [0.3, 0.4) is 0 Å². The van der Waals surface area contributed by atoms with Crippen LogP contribution in [0.2, 0.25) is 0 Å². The van der Waals surface area contributed by atoms with Crippen molar-refractivity contribution in [3.8, 4) is 5.75 Å². The summed E-state index contributed by atoms with van der Waals surface area (Å²) in [6, 6.07) is -0.468. The van der Waals surface area contributed by atoms with Gasteiger partial charge in [-0.3, -0.25) is 0 Å². The summed E-state index contributed by atoms with van der Waals surface area (Å²) in [5, 5.41) is 0. The highest BCUT2D eigenvalue weighted by molar-refractivity contribution is 5.37. The lowest BCUT2D eigenvalue weighted by atomic mass is 10.00. The van der Waals surface area contributed by atoms with Crippen molar-refractivity contribution in [3.05, 3.63) is 29.6 Å². The summed E-state index contributed by atoms with van der Waals surface area (Å²) in [7, 11) is 1.05. The molecular formula is C10H9F6NO. The smallest absolute Gasteiger partial charge is 0.455 e. The highest BCUT2D eigenvalue weighted by atomic mass is 19.4. The standard InChI is InChI=1S/C10H9F6NO/c1-18-7-3-2-5(11)4-6(7)8(17)9(12,13)10(14,15)16/h2-4,8H,17H2,1H3/t8-/m0/s1. The zero-order chi connectivity index (χ0) is 14.1. The minimum atomic E-state index is -5.83. The van der Waals surface area contributed by atoms with Crippen molar-refractivity contribution in [2.45, 2.75) is 18.1 Å². The number of rotatable bonds is 3. The number of hydrogen-bond acceptors (Lipinski definition) is 2. The van der Waals surface area contributed by atoms with Gasteiger partial charge in [0.2, 0.25) is 0 Å². The van der Waals surface area contributed by atoms with Gasteiger partial charge in [0.1, 0.15) is 17.6 Å². The van der Waals surface area contributed by atoms with Gasteiger partial charge in [-0.15, -0.1) is 0 Å². The minimum Gasteiger partial charge on any atom is -0.496 e. The Morgan fingerprint density at radius 3 is 2.17 bits per heavy atom. The Kier molecular flexibility index (Phi) is 3.80. The fraction of sp³-hybridized carbons (Fsp3) is 0.400. The van der Waals surface area contributed by atoms with Gasteiger partial charge in [-0.05, 0) is 18.2 Å². The third kappa shape index (κ3) is 2.53. The van der Waals surface area contributed by atoms with Gasteiger partial charge in [-0.25, -0.2) is 4.39 Å². The molecule has 0 aromatic heterocycles. The normalized spacial score (nSPS) is 14.4. The first-order chi connectivity index (χ1) is 8.11. The SMILES string of the molecule is COc1ccc(F)cc1[C@H](N)C(F)(F)C(F)(F)F. The van der Waals surface area contributed by atoms with Gasteiger partial charge in [-0.1, -0.05) is 0 Å². The molecule has 18 heavy (non-hydrogen) atoms. The van der Waals surface area contributed by atoms with Gasteiger partial charge >= 0.3 is 12.1 Å². The van der Waals surface area contributed by atoms with E-state index in [0.717, 1.165) is 19.2 Å². The average Bonchev–Trinajstić information content (AvgIpc) is 2.26. The molecule has 1 atom stereocenters. The van der Waals surface area contributed by atoms with Gasteiger partial charge in [-0.2, -0.15) is 22.0 Å². The van der Waals surface area contributed by atoms with Crippen LogP contribution in [0.1, 0.15) is 11.6 Å². The first kappa shape index (κ1) is 14.6. The molecular weight excluding hydrogens is 264 g/mol. The Bertz CT molecular complexity index is 431. The summed E-state index contributed by atoms with van der Waals surface area (Å²) in [6.07, 6.45) is -5.83. The number of ether oxygens (including phenoxy) is 1. The molecule has 0 aliphatic heterocycles. The van der Waals surface area contributed by atoms with Crippen molar-refractivity contribution in [1.29, 1.82) is 0 Å². The molecule has 0 fully saturated rings. The fourth-order valence-corrected chi connectivity index (χ4v) is 1.32. The van der Waals surface area contributed by atoms with Gasteiger partial charge in [0, 0.05) is 5.56 Å². The lowest BCUT2D eigenvalue weighted by Gasteiger charge is -2.26. The van der Waals surface area contributed by atoms with Crippen LogP contribution in [-0.2, 0) is 0 Å². The van der Waals surface area contributed by atoms with Crippen LogP contribution < -0.4 is 10.5 Å². The summed E-state index contributed by atoms with van der Waals surface area (Å²) in [4.78, 5) is 0. The number of hydrogen-bond donors (Lipinski definition) is 1. The van der Waals surface area contributed by atoms with Crippen LogP contribution in [0.4, 0.5) is 26.3 Å². The van der Waals surface area contributed by atoms with E-state index >= 15 is 0 Å². The third-order valence-corrected chi connectivity index (χ3v) is 2.30. The van der Waals surface area contributed by atoms with E-state index in [0.29, 0.717) is 6.07 Å². The number of alkyl halides is 5. The van der Waals surface area contributed by atoms with Crippen LogP contribution in [-0.4, -0.2) is 19.2 Å². The maximum Gasteiger partial charge on any atom is 0.455 e. The molecule has 0 bridgehead atoms. The lowest BCUT2D eigenvalue weighted by Crippen LogP contribution is -2.46. The van der Waals surface area contributed by atoms with Crippen molar-refractivity contribution in [3.63, 3.8) is 0 Å². The Balaban J connectivity index is 3.26. The average molecular weight is 273 g/mol. The molecule has 1 aromatic rings. The van der Waals surface area contributed by atoms with Crippen molar-refractivity contribution in [1.82, 2.24) is 0 Å². The van der Waals surface area contributed by atoms with E-state index in [1.54, 1.807) is 0 Å². The predicted octanol–water partition coefficient (Wildman–Crippen LogP) is 3.03. The molecule has 0 saturated carbocycles. The van der Waals surface area contributed by atoms with E-state index in [4.69, 9.17) is 5.73 Å². The molecule has 1 aromatic carbocycles. The van der Waals surface area contributed by atoms with E-state index < -0.39 is 29.5 Å². The second kappa shape index (κ2) is 4.68. The Labute approximate surface area is 98.3 Å². The summed E-state index contributed by atoms with van der Waals surface area (Å²) in [5.74, 6) is -6.51. The summed E-state index contributed by atoms with van der Waals surface area (Å²) in [6.45, 7) is 0. The molecule has 0 aliphatic carbocycles. The molecule has 0 amide bonds. The van der Waals surface area contributed by atoms with Gasteiger partial charge < -0.3 is 10.5 Å². The van der Waals surface area contributed by atoms with E-state index in [-0.39, 0.29) is 5.75 Å². The highest BCUT2D eigenvalue weighted by Gasteiger charge is 2.62. The van der Waals surface area contributed by atoms with Crippen LogP contribution in [0, 0.1) is 5.82 Å².